The number of anilines is 1. The Balaban J connectivity index is 1.98. The van der Waals surface area contributed by atoms with Crippen LogP contribution >= 0.6 is 0 Å². The first-order valence-electron chi connectivity index (χ1n) is 9.41. The quantitative estimate of drug-likeness (QED) is 0.507. The molecule has 0 aliphatic heterocycles. The summed E-state index contributed by atoms with van der Waals surface area (Å²) >= 11 is 0. The summed E-state index contributed by atoms with van der Waals surface area (Å²) in [5.41, 5.74) is 1.30. The van der Waals surface area contributed by atoms with Gasteiger partial charge in [-0.1, -0.05) is 36.4 Å². The summed E-state index contributed by atoms with van der Waals surface area (Å²) in [6.07, 6.45) is 1.50. The monoisotopic (exact) mass is 418 g/mol. The van der Waals surface area contributed by atoms with Crippen molar-refractivity contribution in [3.63, 3.8) is 0 Å². The van der Waals surface area contributed by atoms with Gasteiger partial charge in [-0.25, -0.2) is 0 Å². The SMILES string of the molecule is COc1cccc(/C=C(/NC(=O)c2ccccc2)C(=O)Nc2cccc(O)c2)c1OC. The molecule has 7 heteroatoms. The first-order chi connectivity index (χ1) is 15.0. The molecule has 0 aromatic heterocycles. The first kappa shape index (κ1) is 21.4. The van der Waals surface area contributed by atoms with Crippen LogP contribution in [0.25, 0.3) is 6.08 Å². The van der Waals surface area contributed by atoms with Crippen LogP contribution < -0.4 is 20.1 Å². The van der Waals surface area contributed by atoms with E-state index in [9.17, 15) is 14.7 Å². The van der Waals surface area contributed by atoms with Gasteiger partial charge in [-0.05, 0) is 36.4 Å². The van der Waals surface area contributed by atoms with E-state index < -0.39 is 11.8 Å². The van der Waals surface area contributed by atoms with E-state index in [1.165, 1.54) is 32.4 Å². The minimum absolute atomic E-state index is 0.00566. The Morgan fingerprint density at radius 2 is 1.65 bits per heavy atom. The molecule has 0 aliphatic rings. The Hall–Kier alpha value is -4.26. The van der Waals surface area contributed by atoms with E-state index in [-0.39, 0.29) is 11.4 Å². The maximum atomic E-state index is 13.0. The maximum Gasteiger partial charge on any atom is 0.272 e. The minimum Gasteiger partial charge on any atom is -0.508 e. The molecule has 0 spiro atoms. The summed E-state index contributed by atoms with van der Waals surface area (Å²) in [6.45, 7) is 0. The van der Waals surface area contributed by atoms with Crippen LogP contribution in [0.1, 0.15) is 15.9 Å². The van der Waals surface area contributed by atoms with Gasteiger partial charge >= 0.3 is 0 Å². The van der Waals surface area contributed by atoms with Crippen LogP contribution in [0, 0.1) is 0 Å². The lowest BCUT2D eigenvalue weighted by Crippen LogP contribution is -2.30. The molecule has 2 amide bonds. The topological polar surface area (TPSA) is 96.9 Å². The molecule has 3 rings (SSSR count). The zero-order chi connectivity index (χ0) is 22.2. The van der Waals surface area contributed by atoms with E-state index in [1.54, 1.807) is 60.7 Å². The molecule has 7 nitrogen and oxygen atoms in total. The molecule has 3 aromatic carbocycles. The molecule has 0 aliphatic carbocycles. The van der Waals surface area contributed by atoms with Crippen molar-refractivity contribution in [2.45, 2.75) is 0 Å². The zero-order valence-corrected chi connectivity index (χ0v) is 17.1. The molecule has 0 atom stereocenters. The molecule has 31 heavy (non-hydrogen) atoms. The maximum absolute atomic E-state index is 13.0. The lowest BCUT2D eigenvalue weighted by atomic mass is 10.1. The van der Waals surface area contributed by atoms with Gasteiger partial charge in [-0.2, -0.15) is 0 Å². The molecule has 0 heterocycles. The Labute approximate surface area is 179 Å². The van der Waals surface area contributed by atoms with Crippen LogP contribution in [0.15, 0.2) is 78.5 Å². The third-order valence-electron chi connectivity index (χ3n) is 4.37. The van der Waals surface area contributed by atoms with Gasteiger partial charge in [0.25, 0.3) is 11.8 Å². The number of carbonyl (C=O) groups excluding carboxylic acids is 2. The zero-order valence-electron chi connectivity index (χ0n) is 17.1. The number of hydrogen-bond acceptors (Lipinski definition) is 5. The lowest BCUT2D eigenvalue weighted by molar-refractivity contribution is -0.113. The predicted molar refractivity (Wildman–Crippen MR) is 118 cm³/mol. The van der Waals surface area contributed by atoms with Gasteiger partial charge < -0.3 is 25.2 Å². The van der Waals surface area contributed by atoms with E-state index in [2.05, 4.69) is 10.6 Å². The van der Waals surface area contributed by atoms with Crippen molar-refractivity contribution < 1.29 is 24.2 Å². The van der Waals surface area contributed by atoms with Crippen LogP contribution in [0.2, 0.25) is 0 Å². The molecule has 158 valence electrons. The fraction of sp³-hybridized carbons (Fsp3) is 0.0833. The molecule has 0 unspecified atom stereocenters. The number of amides is 2. The second kappa shape index (κ2) is 9.98. The van der Waals surface area contributed by atoms with Crippen molar-refractivity contribution in [2.24, 2.45) is 0 Å². The van der Waals surface area contributed by atoms with E-state index >= 15 is 0 Å². The normalized spacial score (nSPS) is 10.8. The molecular formula is C24H22N2O5. The van der Waals surface area contributed by atoms with Gasteiger partial charge in [-0.15, -0.1) is 0 Å². The van der Waals surface area contributed by atoms with E-state index in [1.807, 2.05) is 0 Å². The van der Waals surface area contributed by atoms with Crippen LogP contribution in [-0.4, -0.2) is 31.1 Å². The fourth-order valence-electron chi connectivity index (χ4n) is 2.91. The highest BCUT2D eigenvalue weighted by molar-refractivity contribution is 6.10. The Bertz CT molecular complexity index is 1110. The summed E-state index contributed by atoms with van der Waals surface area (Å²) in [7, 11) is 3.00. The van der Waals surface area contributed by atoms with Crippen molar-refractivity contribution in [3.8, 4) is 17.2 Å². The summed E-state index contributed by atoms with van der Waals surface area (Å²) in [4.78, 5) is 25.7. The molecule has 0 saturated carbocycles. The van der Waals surface area contributed by atoms with Crippen LogP contribution in [-0.2, 0) is 4.79 Å². The fourth-order valence-corrected chi connectivity index (χ4v) is 2.91. The van der Waals surface area contributed by atoms with E-state index in [0.717, 1.165) is 0 Å². The number of nitrogens with one attached hydrogen (secondary N) is 2. The largest absolute Gasteiger partial charge is 0.508 e. The van der Waals surface area contributed by atoms with Crippen molar-refractivity contribution in [1.82, 2.24) is 5.32 Å². The van der Waals surface area contributed by atoms with Crippen molar-refractivity contribution in [2.75, 3.05) is 19.5 Å². The summed E-state index contributed by atoms with van der Waals surface area (Å²) in [6, 6.07) is 19.9. The molecule has 0 bridgehead atoms. The molecule has 3 aromatic rings. The molecule has 0 fully saturated rings. The van der Waals surface area contributed by atoms with Gasteiger partial charge in [0.15, 0.2) is 11.5 Å². The average Bonchev–Trinajstić information content (AvgIpc) is 2.78. The number of aromatic hydroxyl groups is 1. The highest BCUT2D eigenvalue weighted by Gasteiger charge is 2.17. The highest BCUT2D eigenvalue weighted by Crippen LogP contribution is 2.32. The third-order valence-corrected chi connectivity index (χ3v) is 4.37. The lowest BCUT2D eigenvalue weighted by Gasteiger charge is -2.14. The number of phenolic OH excluding ortho intramolecular Hbond substituents is 1. The number of rotatable bonds is 7. The number of methoxy groups -OCH3 is 2. The second-order valence-electron chi connectivity index (χ2n) is 6.47. The predicted octanol–water partition coefficient (Wildman–Crippen LogP) is 3.82. The average molecular weight is 418 g/mol. The third kappa shape index (κ3) is 5.42. The highest BCUT2D eigenvalue weighted by atomic mass is 16.5. The van der Waals surface area contributed by atoms with Gasteiger partial charge in [0.05, 0.1) is 14.2 Å². The number of phenols is 1. The van der Waals surface area contributed by atoms with Gasteiger partial charge in [0, 0.05) is 22.9 Å². The van der Waals surface area contributed by atoms with E-state index in [0.29, 0.717) is 28.3 Å². The number of para-hydroxylation sites is 1. The van der Waals surface area contributed by atoms with Gasteiger partial charge in [-0.3, -0.25) is 9.59 Å². The van der Waals surface area contributed by atoms with Crippen LogP contribution in [0.5, 0.6) is 17.2 Å². The van der Waals surface area contributed by atoms with Crippen molar-refractivity contribution in [3.05, 3.63) is 89.6 Å². The smallest absolute Gasteiger partial charge is 0.272 e. The van der Waals surface area contributed by atoms with Crippen LogP contribution in [0.3, 0.4) is 0 Å². The summed E-state index contributed by atoms with van der Waals surface area (Å²) in [5, 5.41) is 15.0. The summed E-state index contributed by atoms with van der Waals surface area (Å²) < 4.78 is 10.7. The molecule has 0 saturated heterocycles. The number of carbonyl (C=O) groups is 2. The van der Waals surface area contributed by atoms with Gasteiger partial charge in [0.1, 0.15) is 11.4 Å². The number of hydrogen-bond donors (Lipinski definition) is 3. The van der Waals surface area contributed by atoms with E-state index in [4.69, 9.17) is 9.47 Å². The first-order valence-corrected chi connectivity index (χ1v) is 9.41. The molecule has 3 N–H and O–H groups in total. The minimum atomic E-state index is -0.570. The van der Waals surface area contributed by atoms with Gasteiger partial charge in [0.2, 0.25) is 0 Å². The van der Waals surface area contributed by atoms with Crippen molar-refractivity contribution >= 4 is 23.6 Å². The molecular weight excluding hydrogens is 396 g/mol. The van der Waals surface area contributed by atoms with Crippen LogP contribution in [0.4, 0.5) is 5.69 Å². The Morgan fingerprint density at radius 3 is 2.32 bits per heavy atom. The van der Waals surface area contributed by atoms with Crippen molar-refractivity contribution in [1.29, 1.82) is 0 Å². The second-order valence-corrected chi connectivity index (χ2v) is 6.47. The Morgan fingerprint density at radius 1 is 0.903 bits per heavy atom. The Kier molecular flexibility index (Phi) is 6.90. The summed E-state index contributed by atoms with van der Waals surface area (Å²) in [5.74, 6) is -0.106. The molecule has 0 radical (unpaired) electrons. The standard InChI is InChI=1S/C24H22N2O5/c1-30-21-13-6-10-17(22(21)31-2)14-20(26-23(28)16-8-4-3-5-9-16)24(29)25-18-11-7-12-19(27)15-18/h3-15,27H,1-2H3,(H,25,29)(H,26,28)/b20-14+. The number of ether oxygens (including phenoxy) is 2. The number of benzene rings is 3.